The maximum Gasteiger partial charge on any atom is 0.313 e. The number of carbonyl (C=O) groups is 1. The van der Waals surface area contributed by atoms with Gasteiger partial charge in [-0.1, -0.05) is 11.8 Å². The summed E-state index contributed by atoms with van der Waals surface area (Å²) in [7, 11) is 0. The average molecular weight is 295 g/mol. The molecule has 0 saturated heterocycles. The largest absolute Gasteiger partial charge is 0.481 e. The Labute approximate surface area is 121 Å². The van der Waals surface area contributed by atoms with Gasteiger partial charge >= 0.3 is 5.97 Å². The summed E-state index contributed by atoms with van der Waals surface area (Å²) < 4.78 is 7.28. The molecule has 0 aliphatic rings. The lowest BCUT2D eigenvalue weighted by Gasteiger charge is -2.12. The fourth-order valence-electron chi connectivity index (χ4n) is 1.91. The number of carboxylic acids is 1. The van der Waals surface area contributed by atoms with Crippen molar-refractivity contribution in [2.24, 2.45) is 0 Å². The number of thioether (sulfide) groups is 1. The van der Waals surface area contributed by atoms with Gasteiger partial charge in [-0.25, -0.2) is 0 Å². The molecule has 0 saturated carbocycles. The first-order chi connectivity index (χ1) is 9.58. The molecule has 0 unspecified atom stereocenters. The zero-order valence-electron chi connectivity index (χ0n) is 11.4. The van der Waals surface area contributed by atoms with Crippen LogP contribution in [0.15, 0.2) is 28.0 Å². The zero-order valence-corrected chi connectivity index (χ0v) is 12.3. The van der Waals surface area contributed by atoms with E-state index in [0.717, 1.165) is 18.0 Å². The predicted molar refractivity (Wildman–Crippen MR) is 74.9 cm³/mol. The van der Waals surface area contributed by atoms with Crippen LogP contribution in [0.5, 0.6) is 0 Å². The zero-order chi connectivity index (χ0) is 14.5. The Hall–Kier alpha value is -1.76. The molecule has 2 aromatic heterocycles. The van der Waals surface area contributed by atoms with E-state index in [4.69, 9.17) is 9.52 Å². The van der Waals surface area contributed by atoms with E-state index in [9.17, 15) is 4.79 Å². The number of rotatable bonds is 7. The topological polar surface area (TPSA) is 81.2 Å². The second kappa shape index (κ2) is 6.60. The Morgan fingerprint density at radius 1 is 1.45 bits per heavy atom. The van der Waals surface area contributed by atoms with Crippen LogP contribution >= 0.6 is 11.8 Å². The number of hydrogen-bond acceptors (Lipinski definition) is 5. The highest BCUT2D eigenvalue weighted by Crippen LogP contribution is 2.22. The van der Waals surface area contributed by atoms with E-state index in [1.807, 2.05) is 30.5 Å². The van der Waals surface area contributed by atoms with E-state index < -0.39 is 5.97 Å². The molecule has 0 aromatic carbocycles. The van der Waals surface area contributed by atoms with Gasteiger partial charge in [0.15, 0.2) is 5.16 Å². The van der Waals surface area contributed by atoms with Crippen LogP contribution in [0.3, 0.4) is 0 Å². The molecule has 0 aliphatic carbocycles. The van der Waals surface area contributed by atoms with Crippen molar-refractivity contribution in [2.45, 2.75) is 37.9 Å². The first-order valence-electron chi connectivity index (χ1n) is 6.38. The third-order valence-electron chi connectivity index (χ3n) is 2.75. The molecule has 0 fully saturated rings. The van der Waals surface area contributed by atoms with Crippen LogP contribution < -0.4 is 0 Å². The van der Waals surface area contributed by atoms with Crippen molar-refractivity contribution in [3.63, 3.8) is 0 Å². The summed E-state index contributed by atoms with van der Waals surface area (Å²) in [5.74, 6) is 0.890. The van der Waals surface area contributed by atoms with Crippen molar-refractivity contribution in [3.8, 4) is 0 Å². The molecule has 2 heterocycles. The van der Waals surface area contributed by atoms with Crippen molar-refractivity contribution in [1.82, 2.24) is 14.8 Å². The average Bonchev–Trinajstić information content (AvgIpc) is 3.03. The third kappa shape index (κ3) is 3.63. The summed E-state index contributed by atoms with van der Waals surface area (Å²) in [5.41, 5.74) is 0. The SMILES string of the molecule is CC(C)n1c(CCc2ccco2)nnc1SCC(=O)O. The van der Waals surface area contributed by atoms with E-state index >= 15 is 0 Å². The number of aryl methyl sites for hydroxylation is 2. The molecule has 0 aliphatic heterocycles. The first kappa shape index (κ1) is 14.6. The highest BCUT2D eigenvalue weighted by atomic mass is 32.2. The second-order valence-corrected chi connectivity index (χ2v) is 5.57. The van der Waals surface area contributed by atoms with Gasteiger partial charge in [0.2, 0.25) is 0 Å². The molecular formula is C13H17N3O3S. The molecule has 7 heteroatoms. The van der Waals surface area contributed by atoms with E-state index in [2.05, 4.69) is 10.2 Å². The van der Waals surface area contributed by atoms with Gasteiger partial charge in [-0.05, 0) is 26.0 Å². The Bertz CT molecular complexity index is 563. The van der Waals surface area contributed by atoms with Crippen LogP contribution in [-0.4, -0.2) is 31.6 Å². The minimum absolute atomic E-state index is 0.0109. The van der Waals surface area contributed by atoms with Crippen LogP contribution in [0, 0.1) is 0 Å². The van der Waals surface area contributed by atoms with E-state index in [1.54, 1.807) is 6.26 Å². The lowest BCUT2D eigenvalue weighted by Crippen LogP contribution is -2.10. The maximum atomic E-state index is 10.7. The van der Waals surface area contributed by atoms with E-state index in [-0.39, 0.29) is 11.8 Å². The Kier molecular flexibility index (Phi) is 4.84. The first-order valence-corrected chi connectivity index (χ1v) is 7.37. The number of nitrogens with zero attached hydrogens (tertiary/aromatic N) is 3. The van der Waals surface area contributed by atoms with E-state index in [1.165, 1.54) is 11.8 Å². The van der Waals surface area contributed by atoms with Gasteiger partial charge < -0.3 is 14.1 Å². The third-order valence-corrected chi connectivity index (χ3v) is 3.68. The van der Waals surface area contributed by atoms with Crippen LogP contribution in [0.2, 0.25) is 0 Å². The Balaban J connectivity index is 2.09. The Morgan fingerprint density at radius 2 is 2.25 bits per heavy atom. The highest BCUT2D eigenvalue weighted by molar-refractivity contribution is 7.99. The summed E-state index contributed by atoms with van der Waals surface area (Å²) in [6, 6.07) is 3.97. The maximum absolute atomic E-state index is 10.7. The van der Waals surface area contributed by atoms with Gasteiger partial charge in [0.1, 0.15) is 11.6 Å². The number of carboxylic acid groups (broad SMARTS) is 1. The molecular weight excluding hydrogens is 278 g/mol. The fourth-order valence-corrected chi connectivity index (χ4v) is 2.72. The van der Waals surface area contributed by atoms with Gasteiger partial charge in [0, 0.05) is 18.9 Å². The van der Waals surface area contributed by atoms with Crippen molar-refractivity contribution in [2.75, 3.05) is 5.75 Å². The van der Waals surface area contributed by atoms with Gasteiger partial charge in [0.05, 0.1) is 12.0 Å². The number of hydrogen-bond donors (Lipinski definition) is 1. The van der Waals surface area contributed by atoms with Crippen LogP contribution in [0.4, 0.5) is 0 Å². The minimum atomic E-state index is -0.856. The summed E-state index contributed by atoms with van der Waals surface area (Å²) in [4.78, 5) is 10.7. The normalized spacial score (nSPS) is 11.2. The second-order valence-electron chi connectivity index (χ2n) is 4.62. The molecule has 1 N–H and O–H groups in total. The van der Waals surface area contributed by atoms with Crippen molar-refractivity contribution in [1.29, 1.82) is 0 Å². The van der Waals surface area contributed by atoms with Crippen LogP contribution in [0.1, 0.15) is 31.5 Å². The minimum Gasteiger partial charge on any atom is -0.481 e. The molecule has 0 radical (unpaired) electrons. The fraction of sp³-hybridized carbons (Fsp3) is 0.462. The smallest absolute Gasteiger partial charge is 0.313 e. The van der Waals surface area contributed by atoms with Crippen molar-refractivity contribution >= 4 is 17.7 Å². The standard InChI is InChI=1S/C13H17N3O3S/c1-9(2)16-11(6-5-10-4-3-7-19-10)14-15-13(16)20-8-12(17)18/h3-4,7,9H,5-6,8H2,1-2H3,(H,17,18). The summed E-state index contributed by atoms with van der Waals surface area (Å²) in [6.45, 7) is 4.06. The van der Waals surface area contributed by atoms with Crippen molar-refractivity contribution in [3.05, 3.63) is 30.0 Å². The van der Waals surface area contributed by atoms with Crippen LogP contribution in [-0.2, 0) is 17.6 Å². The Morgan fingerprint density at radius 3 is 2.85 bits per heavy atom. The van der Waals surface area contributed by atoms with E-state index in [0.29, 0.717) is 11.6 Å². The monoisotopic (exact) mass is 295 g/mol. The quantitative estimate of drug-likeness (QED) is 0.790. The molecule has 0 amide bonds. The molecule has 108 valence electrons. The van der Waals surface area contributed by atoms with Gasteiger partial charge in [0.25, 0.3) is 0 Å². The summed E-state index contributed by atoms with van der Waals surface area (Å²) in [5, 5.41) is 17.7. The molecule has 2 aromatic rings. The lowest BCUT2D eigenvalue weighted by atomic mass is 10.2. The number of aliphatic carboxylic acids is 1. The summed E-state index contributed by atoms with van der Waals surface area (Å²) >= 11 is 1.19. The molecule has 20 heavy (non-hydrogen) atoms. The number of aromatic nitrogens is 3. The molecule has 0 spiro atoms. The molecule has 0 bridgehead atoms. The lowest BCUT2D eigenvalue weighted by molar-refractivity contribution is -0.133. The highest BCUT2D eigenvalue weighted by Gasteiger charge is 2.16. The summed E-state index contributed by atoms with van der Waals surface area (Å²) in [6.07, 6.45) is 3.12. The van der Waals surface area contributed by atoms with Gasteiger partial charge in [-0.3, -0.25) is 4.79 Å². The van der Waals surface area contributed by atoms with Crippen LogP contribution in [0.25, 0.3) is 0 Å². The predicted octanol–water partition coefficient (Wildman–Crippen LogP) is 2.41. The van der Waals surface area contributed by atoms with Gasteiger partial charge in [-0.15, -0.1) is 10.2 Å². The molecule has 6 nitrogen and oxygen atoms in total. The molecule has 0 atom stereocenters. The van der Waals surface area contributed by atoms with Gasteiger partial charge in [-0.2, -0.15) is 0 Å². The number of furan rings is 1. The molecule has 2 rings (SSSR count). The van der Waals surface area contributed by atoms with Crippen molar-refractivity contribution < 1.29 is 14.3 Å².